The zero-order valence-corrected chi connectivity index (χ0v) is 20.5. The Morgan fingerprint density at radius 1 is 0.553 bits per heavy atom. The van der Waals surface area contributed by atoms with E-state index in [1.54, 1.807) is 6.20 Å². The summed E-state index contributed by atoms with van der Waals surface area (Å²) in [6.07, 6.45) is 7.78. The van der Waals surface area contributed by atoms with Gasteiger partial charge < -0.3 is 4.57 Å². The average Bonchev–Trinajstić information content (AvgIpc) is 3.58. The Morgan fingerprint density at radius 3 is 2.24 bits per heavy atom. The lowest BCUT2D eigenvalue weighted by atomic mass is 10.0. The van der Waals surface area contributed by atoms with Crippen LogP contribution in [0.25, 0.3) is 66.1 Å². The molecule has 4 nitrogen and oxygen atoms in total. The molecular formula is C34H22N4. The maximum absolute atomic E-state index is 4.97. The molecule has 4 aromatic carbocycles. The number of nitrogens with zero attached hydrogens (tertiary/aromatic N) is 4. The Bertz CT molecular complexity index is 2100. The van der Waals surface area contributed by atoms with Crippen LogP contribution in [0.3, 0.4) is 0 Å². The van der Waals surface area contributed by atoms with Gasteiger partial charge >= 0.3 is 0 Å². The lowest BCUT2D eigenvalue weighted by Crippen LogP contribution is -1.98. The molecular weight excluding hydrogens is 464 g/mol. The first kappa shape index (κ1) is 20.9. The maximum atomic E-state index is 4.97. The van der Waals surface area contributed by atoms with Gasteiger partial charge in [-0.3, -0.25) is 9.55 Å². The smallest absolute Gasteiger partial charge is 0.137 e. The Balaban J connectivity index is 1.46. The minimum absolute atomic E-state index is 0.899. The van der Waals surface area contributed by atoms with E-state index in [-0.39, 0.29) is 0 Å². The number of rotatable bonds is 3. The van der Waals surface area contributed by atoms with Crippen LogP contribution in [0.5, 0.6) is 0 Å². The molecule has 0 saturated heterocycles. The maximum Gasteiger partial charge on any atom is 0.137 e. The molecule has 0 unspecified atom stereocenters. The standard InChI is InChI=1S/C34H22N4/c1-2-8-26(9-3-1)37-20-18-29-30(37)16-13-23-12-15-28-27-10-4-5-11-31(27)38(34(28)33(23)29)32-17-14-25(22-36-32)24-7-6-19-35-21-24/h1-22H. The molecule has 0 spiro atoms. The van der Waals surface area contributed by atoms with Gasteiger partial charge in [0.05, 0.1) is 16.6 Å². The van der Waals surface area contributed by atoms with E-state index < -0.39 is 0 Å². The molecule has 0 N–H and O–H groups in total. The number of benzene rings is 4. The van der Waals surface area contributed by atoms with Crippen LogP contribution in [0, 0.1) is 0 Å². The molecule has 4 aromatic heterocycles. The lowest BCUT2D eigenvalue weighted by molar-refractivity contribution is 1.08. The summed E-state index contributed by atoms with van der Waals surface area (Å²) in [7, 11) is 0. The molecule has 0 aliphatic carbocycles. The van der Waals surface area contributed by atoms with Gasteiger partial charge in [-0.25, -0.2) is 4.98 Å². The lowest BCUT2D eigenvalue weighted by Gasteiger charge is -2.11. The minimum Gasteiger partial charge on any atom is -0.317 e. The van der Waals surface area contributed by atoms with Crippen LogP contribution >= 0.6 is 0 Å². The van der Waals surface area contributed by atoms with Crippen LogP contribution in [-0.2, 0) is 0 Å². The van der Waals surface area contributed by atoms with Gasteiger partial charge in [0.2, 0.25) is 0 Å². The first-order valence-corrected chi connectivity index (χ1v) is 12.7. The van der Waals surface area contributed by atoms with E-state index in [0.717, 1.165) is 28.1 Å². The molecule has 8 rings (SSSR count). The highest BCUT2D eigenvalue weighted by molar-refractivity contribution is 6.25. The fourth-order valence-electron chi connectivity index (χ4n) is 5.76. The molecule has 0 saturated carbocycles. The van der Waals surface area contributed by atoms with Gasteiger partial charge in [0.1, 0.15) is 5.82 Å². The van der Waals surface area contributed by atoms with E-state index in [9.17, 15) is 0 Å². The van der Waals surface area contributed by atoms with Crippen molar-refractivity contribution in [3.05, 3.63) is 134 Å². The summed E-state index contributed by atoms with van der Waals surface area (Å²) in [5.41, 5.74) is 6.78. The van der Waals surface area contributed by atoms with Gasteiger partial charge in [-0.2, -0.15) is 0 Å². The first-order valence-electron chi connectivity index (χ1n) is 12.7. The van der Waals surface area contributed by atoms with E-state index in [4.69, 9.17) is 4.98 Å². The summed E-state index contributed by atoms with van der Waals surface area (Å²) in [4.78, 5) is 9.23. The summed E-state index contributed by atoms with van der Waals surface area (Å²) in [5.74, 6) is 0.899. The monoisotopic (exact) mass is 486 g/mol. The number of pyridine rings is 2. The second-order valence-electron chi connectivity index (χ2n) is 9.58. The van der Waals surface area contributed by atoms with E-state index >= 15 is 0 Å². The predicted molar refractivity (Wildman–Crippen MR) is 156 cm³/mol. The third-order valence-electron chi connectivity index (χ3n) is 7.49. The molecule has 0 aliphatic heterocycles. The molecule has 0 atom stereocenters. The molecule has 0 amide bonds. The van der Waals surface area contributed by atoms with Gasteiger partial charge in [-0.1, -0.05) is 60.7 Å². The van der Waals surface area contributed by atoms with Crippen LogP contribution in [0.4, 0.5) is 0 Å². The summed E-state index contributed by atoms with van der Waals surface area (Å²) in [5, 5.41) is 6.14. The van der Waals surface area contributed by atoms with Crippen molar-refractivity contribution >= 4 is 43.5 Å². The molecule has 8 aromatic rings. The predicted octanol–water partition coefficient (Wildman–Crippen LogP) is 8.34. The summed E-state index contributed by atoms with van der Waals surface area (Å²) in [6.45, 7) is 0. The van der Waals surface area contributed by atoms with E-state index in [2.05, 4.69) is 123 Å². The van der Waals surface area contributed by atoms with E-state index in [0.29, 0.717) is 0 Å². The molecule has 38 heavy (non-hydrogen) atoms. The third kappa shape index (κ3) is 3.04. The zero-order chi connectivity index (χ0) is 25.1. The molecule has 0 aliphatic rings. The van der Waals surface area contributed by atoms with Crippen molar-refractivity contribution in [3.8, 4) is 22.6 Å². The Labute approximate surface area is 219 Å². The topological polar surface area (TPSA) is 35.6 Å². The highest BCUT2D eigenvalue weighted by Crippen LogP contribution is 2.39. The van der Waals surface area contributed by atoms with E-state index in [1.165, 1.54) is 38.0 Å². The fourth-order valence-corrected chi connectivity index (χ4v) is 5.76. The zero-order valence-electron chi connectivity index (χ0n) is 20.5. The van der Waals surface area contributed by atoms with Crippen LogP contribution in [0.1, 0.15) is 0 Å². The number of hydrogen-bond acceptors (Lipinski definition) is 2. The van der Waals surface area contributed by atoms with Crippen molar-refractivity contribution in [2.24, 2.45) is 0 Å². The second kappa shape index (κ2) is 8.15. The molecule has 4 heteroatoms. The highest BCUT2D eigenvalue weighted by atomic mass is 15.1. The number of fused-ring (bicyclic) bond motifs is 7. The molecule has 0 fully saturated rings. The van der Waals surface area contributed by atoms with Gasteiger partial charge in [0.25, 0.3) is 0 Å². The second-order valence-corrected chi connectivity index (χ2v) is 9.58. The summed E-state index contributed by atoms with van der Waals surface area (Å²) < 4.78 is 4.58. The Kier molecular flexibility index (Phi) is 4.49. The quantitative estimate of drug-likeness (QED) is 0.252. The van der Waals surface area contributed by atoms with E-state index in [1.807, 2.05) is 18.5 Å². The van der Waals surface area contributed by atoms with Crippen molar-refractivity contribution in [2.45, 2.75) is 0 Å². The molecule has 178 valence electrons. The van der Waals surface area contributed by atoms with Crippen molar-refractivity contribution in [3.63, 3.8) is 0 Å². The number of hydrogen-bond donors (Lipinski definition) is 0. The van der Waals surface area contributed by atoms with Gasteiger partial charge in [-0.15, -0.1) is 0 Å². The SMILES string of the molecule is c1ccc(-n2ccc3c4c(ccc5c6ccccc6n(-c6ccc(-c7cccnc7)cn6)c54)ccc32)cc1. The third-order valence-corrected chi connectivity index (χ3v) is 7.49. The minimum atomic E-state index is 0.899. The van der Waals surface area contributed by atoms with Gasteiger partial charge in [-0.05, 0) is 53.9 Å². The van der Waals surface area contributed by atoms with Crippen LogP contribution in [0.15, 0.2) is 134 Å². The first-order chi connectivity index (χ1) is 18.9. The Hall–Kier alpha value is -5.22. The number of para-hydroxylation sites is 2. The largest absolute Gasteiger partial charge is 0.317 e. The van der Waals surface area contributed by atoms with Gasteiger partial charge in [0.15, 0.2) is 0 Å². The van der Waals surface area contributed by atoms with Crippen molar-refractivity contribution in [1.82, 2.24) is 19.1 Å². The van der Waals surface area contributed by atoms with Crippen molar-refractivity contribution in [2.75, 3.05) is 0 Å². The normalized spacial score (nSPS) is 11.7. The average molecular weight is 487 g/mol. The van der Waals surface area contributed by atoms with Gasteiger partial charge in [0, 0.05) is 63.1 Å². The number of aromatic nitrogens is 4. The molecule has 4 heterocycles. The Morgan fingerprint density at radius 2 is 1.39 bits per heavy atom. The fraction of sp³-hybridized carbons (Fsp3) is 0. The van der Waals surface area contributed by atoms with Crippen molar-refractivity contribution < 1.29 is 0 Å². The van der Waals surface area contributed by atoms with Crippen LogP contribution < -0.4 is 0 Å². The molecule has 0 bridgehead atoms. The molecule has 0 radical (unpaired) electrons. The summed E-state index contributed by atoms with van der Waals surface area (Å²) in [6, 6.07) is 38.6. The van der Waals surface area contributed by atoms with Crippen molar-refractivity contribution in [1.29, 1.82) is 0 Å². The highest BCUT2D eigenvalue weighted by Gasteiger charge is 2.18. The van der Waals surface area contributed by atoms with Crippen LogP contribution in [-0.4, -0.2) is 19.1 Å². The van der Waals surface area contributed by atoms with Crippen LogP contribution in [0.2, 0.25) is 0 Å². The summed E-state index contributed by atoms with van der Waals surface area (Å²) >= 11 is 0.